The molecule has 0 atom stereocenters. The molecule has 8 heteroatoms. The molecule has 0 fully saturated rings. The first kappa shape index (κ1) is 16.0. The van der Waals surface area contributed by atoms with Gasteiger partial charge in [0.15, 0.2) is 17.4 Å². The van der Waals surface area contributed by atoms with Crippen LogP contribution in [0.1, 0.15) is 17.3 Å². The molecule has 24 heavy (non-hydrogen) atoms. The lowest BCUT2D eigenvalue weighted by molar-refractivity contribution is -0.114. The number of aromatic nitrogens is 3. The number of rotatable bonds is 6. The van der Waals surface area contributed by atoms with Crippen molar-refractivity contribution in [3.63, 3.8) is 0 Å². The quantitative estimate of drug-likeness (QED) is 0.527. The molecule has 122 valence electrons. The van der Waals surface area contributed by atoms with Crippen LogP contribution in [-0.4, -0.2) is 32.6 Å². The molecule has 7 nitrogen and oxygen atoms in total. The number of furan rings is 1. The summed E-state index contributed by atoms with van der Waals surface area (Å²) in [6, 6.07) is 10.3. The van der Waals surface area contributed by atoms with E-state index in [1.165, 1.54) is 18.7 Å². The normalized spacial score (nSPS) is 10.5. The molecule has 3 aromatic rings. The second kappa shape index (κ2) is 7.14. The Bertz CT molecular complexity index is 841. The number of Topliss-reactive ketones (excluding diaryl/α,β-unsaturated/α-hetero) is 1. The zero-order chi connectivity index (χ0) is 16.9. The van der Waals surface area contributed by atoms with Crippen molar-refractivity contribution in [2.75, 3.05) is 11.1 Å². The molecule has 0 saturated carbocycles. The van der Waals surface area contributed by atoms with Crippen LogP contribution >= 0.6 is 11.8 Å². The molecule has 0 aliphatic carbocycles. The average Bonchev–Trinajstić information content (AvgIpc) is 3.24. The third kappa shape index (κ3) is 3.90. The fourth-order valence-corrected chi connectivity index (χ4v) is 2.68. The van der Waals surface area contributed by atoms with E-state index in [-0.39, 0.29) is 17.4 Å². The molecule has 0 unspecified atom stereocenters. The molecule has 3 rings (SSSR count). The van der Waals surface area contributed by atoms with E-state index >= 15 is 0 Å². The number of anilines is 1. The Morgan fingerprint density at radius 1 is 1.25 bits per heavy atom. The summed E-state index contributed by atoms with van der Waals surface area (Å²) in [5.41, 5.74) is 1.22. The SMILES string of the molecule is CC(=O)Nc1ccc(C(=O)CSc2n[nH]c(-c3ccco3)n2)cc1. The predicted octanol–water partition coefficient (Wildman–Crippen LogP) is 3.00. The second-order valence-electron chi connectivity index (χ2n) is 4.91. The summed E-state index contributed by atoms with van der Waals surface area (Å²) < 4.78 is 5.23. The smallest absolute Gasteiger partial charge is 0.221 e. The number of carbonyl (C=O) groups is 2. The molecule has 1 aromatic carbocycles. The van der Waals surface area contributed by atoms with Gasteiger partial charge in [0.1, 0.15) is 0 Å². The summed E-state index contributed by atoms with van der Waals surface area (Å²) in [6.07, 6.45) is 1.55. The molecule has 2 aromatic heterocycles. The standard InChI is InChI=1S/C16H14N4O3S/c1-10(21)17-12-6-4-11(5-7-12)13(22)9-24-16-18-15(19-20-16)14-3-2-8-23-14/h2-8H,9H2,1H3,(H,17,21)(H,18,19,20). The van der Waals surface area contributed by atoms with E-state index in [0.29, 0.717) is 28.0 Å². The first-order chi connectivity index (χ1) is 11.6. The number of amides is 1. The summed E-state index contributed by atoms with van der Waals surface area (Å²) in [6.45, 7) is 1.43. The molecule has 0 radical (unpaired) electrons. The Hall–Kier alpha value is -2.87. The van der Waals surface area contributed by atoms with Crippen LogP contribution in [0.25, 0.3) is 11.6 Å². The highest BCUT2D eigenvalue weighted by Crippen LogP contribution is 2.20. The Balaban J connectivity index is 1.58. The number of H-pyrrole nitrogens is 1. The van der Waals surface area contributed by atoms with Gasteiger partial charge in [0, 0.05) is 18.2 Å². The number of carbonyl (C=O) groups excluding carboxylic acids is 2. The van der Waals surface area contributed by atoms with Gasteiger partial charge in [-0.05, 0) is 36.4 Å². The number of benzene rings is 1. The number of nitrogens with one attached hydrogen (secondary N) is 2. The molecule has 0 aliphatic rings. The van der Waals surface area contributed by atoms with Crippen LogP contribution in [0, 0.1) is 0 Å². The van der Waals surface area contributed by atoms with Crippen molar-refractivity contribution >= 4 is 29.1 Å². The van der Waals surface area contributed by atoms with Crippen LogP contribution in [-0.2, 0) is 4.79 Å². The number of nitrogens with zero attached hydrogens (tertiary/aromatic N) is 2. The Morgan fingerprint density at radius 3 is 2.71 bits per heavy atom. The van der Waals surface area contributed by atoms with E-state index < -0.39 is 0 Å². The molecule has 0 saturated heterocycles. The first-order valence-corrected chi connectivity index (χ1v) is 8.10. The van der Waals surface area contributed by atoms with Gasteiger partial charge in [0.2, 0.25) is 11.1 Å². The number of thioether (sulfide) groups is 1. The Labute approximate surface area is 141 Å². The highest BCUT2D eigenvalue weighted by Gasteiger charge is 2.12. The minimum Gasteiger partial charge on any atom is -0.461 e. The number of ketones is 1. The summed E-state index contributed by atoms with van der Waals surface area (Å²) in [5, 5.41) is 9.95. The molecule has 0 aliphatic heterocycles. The van der Waals surface area contributed by atoms with Crippen molar-refractivity contribution < 1.29 is 14.0 Å². The first-order valence-electron chi connectivity index (χ1n) is 7.12. The molecule has 0 bridgehead atoms. The summed E-state index contributed by atoms with van der Waals surface area (Å²) in [4.78, 5) is 27.4. The van der Waals surface area contributed by atoms with Crippen LogP contribution < -0.4 is 5.32 Å². The average molecular weight is 342 g/mol. The minimum absolute atomic E-state index is 0.0428. The van der Waals surface area contributed by atoms with Gasteiger partial charge in [-0.2, -0.15) is 4.98 Å². The summed E-state index contributed by atoms with van der Waals surface area (Å²) in [5.74, 6) is 1.14. The Kier molecular flexibility index (Phi) is 4.76. The second-order valence-corrected chi connectivity index (χ2v) is 5.86. The fourth-order valence-electron chi connectivity index (χ4n) is 1.99. The van der Waals surface area contributed by atoms with E-state index in [0.717, 1.165) is 0 Å². The van der Waals surface area contributed by atoms with E-state index in [2.05, 4.69) is 20.5 Å². The van der Waals surface area contributed by atoms with Gasteiger partial charge in [0.25, 0.3) is 0 Å². The maximum atomic E-state index is 12.2. The highest BCUT2D eigenvalue weighted by atomic mass is 32.2. The van der Waals surface area contributed by atoms with Gasteiger partial charge in [0.05, 0.1) is 12.0 Å². The van der Waals surface area contributed by atoms with E-state index in [9.17, 15) is 9.59 Å². The van der Waals surface area contributed by atoms with E-state index in [4.69, 9.17) is 4.42 Å². The lowest BCUT2D eigenvalue weighted by Crippen LogP contribution is -2.07. The van der Waals surface area contributed by atoms with Gasteiger partial charge in [-0.3, -0.25) is 14.7 Å². The van der Waals surface area contributed by atoms with Crippen molar-refractivity contribution in [3.05, 3.63) is 48.2 Å². The van der Waals surface area contributed by atoms with Crippen molar-refractivity contribution in [1.29, 1.82) is 0 Å². The zero-order valence-corrected chi connectivity index (χ0v) is 13.6. The topological polar surface area (TPSA) is 101 Å². The maximum absolute atomic E-state index is 12.2. The summed E-state index contributed by atoms with van der Waals surface area (Å²) in [7, 11) is 0. The zero-order valence-electron chi connectivity index (χ0n) is 12.8. The monoisotopic (exact) mass is 342 g/mol. The van der Waals surface area contributed by atoms with Gasteiger partial charge < -0.3 is 9.73 Å². The van der Waals surface area contributed by atoms with Crippen molar-refractivity contribution in [1.82, 2.24) is 15.2 Å². The van der Waals surface area contributed by atoms with Gasteiger partial charge in [-0.25, -0.2) is 0 Å². The Morgan fingerprint density at radius 2 is 2.04 bits per heavy atom. The van der Waals surface area contributed by atoms with Crippen molar-refractivity contribution in [3.8, 4) is 11.6 Å². The lowest BCUT2D eigenvalue weighted by atomic mass is 10.1. The van der Waals surface area contributed by atoms with E-state index in [1.54, 1.807) is 42.7 Å². The van der Waals surface area contributed by atoms with Crippen LogP contribution in [0.2, 0.25) is 0 Å². The highest BCUT2D eigenvalue weighted by molar-refractivity contribution is 7.99. The molecular formula is C16H14N4O3S. The largest absolute Gasteiger partial charge is 0.461 e. The molecule has 1 amide bonds. The molecule has 2 N–H and O–H groups in total. The summed E-state index contributed by atoms with van der Waals surface area (Å²) >= 11 is 1.24. The van der Waals surface area contributed by atoms with Crippen LogP contribution in [0.4, 0.5) is 5.69 Å². The van der Waals surface area contributed by atoms with Gasteiger partial charge in [-0.1, -0.05) is 11.8 Å². The minimum atomic E-state index is -0.151. The predicted molar refractivity (Wildman–Crippen MR) is 89.9 cm³/mol. The van der Waals surface area contributed by atoms with Crippen LogP contribution in [0.15, 0.2) is 52.2 Å². The third-order valence-electron chi connectivity index (χ3n) is 3.08. The van der Waals surface area contributed by atoms with Gasteiger partial charge >= 0.3 is 0 Å². The number of hydrogen-bond acceptors (Lipinski definition) is 6. The maximum Gasteiger partial charge on any atom is 0.221 e. The van der Waals surface area contributed by atoms with E-state index in [1.807, 2.05) is 0 Å². The fraction of sp³-hybridized carbons (Fsp3) is 0.125. The lowest BCUT2D eigenvalue weighted by Gasteiger charge is -2.03. The third-order valence-corrected chi connectivity index (χ3v) is 3.93. The molecule has 2 heterocycles. The van der Waals surface area contributed by atoms with Gasteiger partial charge in [-0.15, -0.1) is 5.10 Å². The molecule has 0 spiro atoms. The van der Waals surface area contributed by atoms with Crippen LogP contribution in [0.3, 0.4) is 0 Å². The number of aromatic amines is 1. The van der Waals surface area contributed by atoms with Crippen LogP contribution in [0.5, 0.6) is 0 Å². The molecular weight excluding hydrogens is 328 g/mol. The van der Waals surface area contributed by atoms with Crippen molar-refractivity contribution in [2.24, 2.45) is 0 Å². The van der Waals surface area contributed by atoms with Crippen molar-refractivity contribution in [2.45, 2.75) is 12.1 Å². The number of hydrogen-bond donors (Lipinski definition) is 2.